The van der Waals surface area contributed by atoms with Crippen molar-refractivity contribution in [2.45, 2.75) is 13.3 Å². The van der Waals surface area contributed by atoms with Gasteiger partial charge in [-0.25, -0.2) is 4.39 Å². The fourth-order valence-electron chi connectivity index (χ4n) is 1.42. The predicted octanol–water partition coefficient (Wildman–Crippen LogP) is 1.58. The SMILES string of the molecule is CNCCC(=O)c1cc(F)ccc1NC(C)=O. The van der Waals surface area contributed by atoms with E-state index in [9.17, 15) is 14.0 Å². The average molecular weight is 238 g/mol. The molecule has 0 heterocycles. The van der Waals surface area contributed by atoms with Gasteiger partial charge in [0.25, 0.3) is 0 Å². The zero-order valence-corrected chi connectivity index (χ0v) is 9.84. The molecular formula is C12H15FN2O2. The van der Waals surface area contributed by atoms with E-state index in [1.165, 1.54) is 19.1 Å². The van der Waals surface area contributed by atoms with Gasteiger partial charge in [-0.1, -0.05) is 0 Å². The van der Waals surface area contributed by atoms with Gasteiger partial charge >= 0.3 is 0 Å². The third-order valence-electron chi connectivity index (χ3n) is 2.19. The molecule has 0 aliphatic heterocycles. The average Bonchev–Trinajstić information content (AvgIpc) is 2.27. The van der Waals surface area contributed by atoms with E-state index in [-0.39, 0.29) is 23.7 Å². The van der Waals surface area contributed by atoms with Crippen LogP contribution in [-0.4, -0.2) is 25.3 Å². The predicted molar refractivity (Wildman–Crippen MR) is 63.6 cm³/mol. The minimum atomic E-state index is -0.494. The van der Waals surface area contributed by atoms with Gasteiger partial charge in [-0.15, -0.1) is 0 Å². The number of halogens is 1. The zero-order chi connectivity index (χ0) is 12.8. The second kappa shape index (κ2) is 6.10. The van der Waals surface area contributed by atoms with Crippen molar-refractivity contribution in [3.05, 3.63) is 29.6 Å². The molecule has 0 unspecified atom stereocenters. The first-order chi connectivity index (χ1) is 8.04. The molecular weight excluding hydrogens is 223 g/mol. The minimum Gasteiger partial charge on any atom is -0.326 e. The van der Waals surface area contributed by atoms with Gasteiger partial charge in [0, 0.05) is 25.5 Å². The number of hydrogen-bond acceptors (Lipinski definition) is 3. The number of ketones is 1. The topological polar surface area (TPSA) is 58.2 Å². The number of Topliss-reactive ketones (excluding diaryl/α,β-unsaturated/α-hetero) is 1. The Morgan fingerprint density at radius 2 is 2.06 bits per heavy atom. The smallest absolute Gasteiger partial charge is 0.221 e. The summed E-state index contributed by atoms with van der Waals surface area (Å²) in [6, 6.07) is 3.74. The van der Waals surface area contributed by atoms with Gasteiger partial charge in [0.15, 0.2) is 5.78 Å². The largest absolute Gasteiger partial charge is 0.326 e. The molecule has 5 heteroatoms. The summed E-state index contributed by atoms with van der Waals surface area (Å²) in [6.45, 7) is 1.85. The molecule has 17 heavy (non-hydrogen) atoms. The molecule has 1 aromatic carbocycles. The van der Waals surface area contributed by atoms with E-state index < -0.39 is 5.82 Å². The van der Waals surface area contributed by atoms with Gasteiger partial charge in [0.1, 0.15) is 5.82 Å². The third kappa shape index (κ3) is 3.96. The number of anilines is 1. The van der Waals surface area contributed by atoms with Crippen molar-refractivity contribution in [2.75, 3.05) is 18.9 Å². The summed E-state index contributed by atoms with van der Waals surface area (Å²) >= 11 is 0. The Morgan fingerprint density at radius 1 is 1.35 bits per heavy atom. The second-order valence-electron chi connectivity index (χ2n) is 3.65. The van der Waals surface area contributed by atoms with Crippen LogP contribution in [0.5, 0.6) is 0 Å². The highest BCUT2D eigenvalue weighted by atomic mass is 19.1. The molecule has 92 valence electrons. The van der Waals surface area contributed by atoms with E-state index in [1.807, 2.05) is 0 Å². The minimum absolute atomic E-state index is 0.204. The summed E-state index contributed by atoms with van der Waals surface area (Å²) < 4.78 is 13.1. The molecule has 0 spiro atoms. The highest BCUT2D eigenvalue weighted by Gasteiger charge is 2.13. The van der Waals surface area contributed by atoms with Gasteiger partial charge in [0.05, 0.1) is 5.69 Å². The van der Waals surface area contributed by atoms with Crippen LogP contribution >= 0.6 is 0 Å². The van der Waals surface area contributed by atoms with Crippen molar-refractivity contribution in [2.24, 2.45) is 0 Å². The molecule has 1 aromatic rings. The first kappa shape index (κ1) is 13.3. The number of hydrogen-bond donors (Lipinski definition) is 2. The Labute approximate surface area is 99.2 Å². The van der Waals surface area contributed by atoms with E-state index in [0.29, 0.717) is 12.2 Å². The maximum absolute atomic E-state index is 13.1. The van der Waals surface area contributed by atoms with Crippen molar-refractivity contribution in [3.8, 4) is 0 Å². The maximum Gasteiger partial charge on any atom is 0.221 e. The van der Waals surface area contributed by atoms with Crippen LogP contribution in [-0.2, 0) is 4.79 Å². The fourth-order valence-corrected chi connectivity index (χ4v) is 1.42. The Hall–Kier alpha value is -1.75. The summed E-state index contributed by atoms with van der Waals surface area (Å²) in [7, 11) is 1.73. The lowest BCUT2D eigenvalue weighted by atomic mass is 10.1. The monoisotopic (exact) mass is 238 g/mol. The summed E-state index contributed by atoms with van der Waals surface area (Å²) in [5.74, 6) is -0.992. The number of nitrogens with one attached hydrogen (secondary N) is 2. The number of rotatable bonds is 5. The zero-order valence-electron chi connectivity index (χ0n) is 9.84. The molecule has 1 amide bonds. The van der Waals surface area contributed by atoms with E-state index in [1.54, 1.807) is 7.05 Å². The molecule has 0 radical (unpaired) electrons. The molecule has 4 nitrogen and oxygen atoms in total. The third-order valence-corrected chi connectivity index (χ3v) is 2.19. The number of amides is 1. The summed E-state index contributed by atoms with van der Waals surface area (Å²) in [5.41, 5.74) is 0.551. The van der Waals surface area contributed by atoms with Crippen molar-refractivity contribution < 1.29 is 14.0 Å². The molecule has 0 aliphatic rings. The summed E-state index contributed by atoms with van der Waals surface area (Å²) in [4.78, 5) is 22.8. The highest BCUT2D eigenvalue weighted by Crippen LogP contribution is 2.18. The Bertz CT molecular complexity index is 433. The van der Waals surface area contributed by atoms with Gasteiger partial charge in [-0.3, -0.25) is 9.59 Å². The first-order valence-electron chi connectivity index (χ1n) is 5.29. The first-order valence-corrected chi connectivity index (χ1v) is 5.29. The number of carbonyl (C=O) groups is 2. The number of benzene rings is 1. The van der Waals surface area contributed by atoms with Crippen LogP contribution in [0, 0.1) is 5.82 Å². The van der Waals surface area contributed by atoms with E-state index >= 15 is 0 Å². The van der Waals surface area contributed by atoms with Crippen molar-refractivity contribution >= 4 is 17.4 Å². The lowest BCUT2D eigenvalue weighted by molar-refractivity contribution is -0.114. The lowest BCUT2D eigenvalue weighted by Crippen LogP contribution is -2.16. The standard InChI is InChI=1S/C12H15FN2O2/c1-8(16)15-11-4-3-9(13)7-10(11)12(17)5-6-14-2/h3-4,7,14H,5-6H2,1-2H3,(H,15,16). The number of carbonyl (C=O) groups excluding carboxylic acids is 2. The van der Waals surface area contributed by atoms with Crippen molar-refractivity contribution in [3.63, 3.8) is 0 Å². The maximum atomic E-state index is 13.1. The Balaban J connectivity index is 2.97. The van der Waals surface area contributed by atoms with Gasteiger partial charge in [-0.05, 0) is 25.2 Å². The van der Waals surface area contributed by atoms with Crippen LogP contribution in [0.2, 0.25) is 0 Å². The molecule has 1 rings (SSSR count). The quantitative estimate of drug-likeness (QED) is 0.766. The van der Waals surface area contributed by atoms with Crippen LogP contribution in [0.1, 0.15) is 23.7 Å². The van der Waals surface area contributed by atoms with Crippen LogP contribution in [0.3, 0.4) is 0 Å². The highest BCUT2D eigenvalue weighted by molar-refractivity contribution is 6.04. The van der Waals surface area contributed by atoms with E-state index in [2.05, 4.69) is 10.6 Å². The molecule has 0 saturated heterocycles. The van der Waals surface area contributed by atoms with Crippen molar-refractivity contribution in [1.29, 1.82) is 0 Å². The summed E-state index contributed by atoms with van der Waals surface area (Å²) in [6.07, 6.45) is 0.256. The molecule has 0 aliphatic carbocycles. The molecule has 2 N–H and O–H groups in total. The molecule has 0 atom stereocenters. The Kier molecular flexibility index (Phi) is 4.78. The summed E-state index contributed by atoms with van der Waals surface area (Å²) in [5, 5.41) is 5.35. The molecule has 0 saturated carbocycles. The van der Waals surface area contributed by atoms with Crippen LogP contribution in [0.25, 0.3) is 0 Å². The van der Waals surface area contributed by atoms with Crippen molar-refractivity contribution in [1.82, 2.24) is 5.32 Å². The van der Waals surface area contributed by atoms with Gasteiger partial charge in [-0.2, -0.15) is 0 Å². The van der Waals surface area contributed by atoms with Gasteiger partial charge < -0.3 is 10.6 Å². The van der Waals surface area contributed by atoms with Gasteiger partial charge in [0.2, 0.25) is 5.91 Å². The van der Waals surface area contributed by atoms with Crippen LogP contribution in [0.4, 0.5) is 10.1 Å². The molecule has 0 bridgehead atoms. The lowest BCUT2D eigenvalue weighted by Gasteiger charge is -2.09. The second-order valence-corrected chi connectivity index (χ2v) is 3.65. The van der Waals surface area contributed by atoms with Crippen LogP contribution in [0.15, 0.2) is 18.2 Å². The molecule has 0 fully saturated rings. The normalized spacial score (nSPS) is 10.1. The fraction of sp³-hybridized carbons (Fsp3) is 0.333. The molecule has 0 aromatic heterocycles. The van der Waals surface area contributed by atoms with E-state index in [4.69, 9.17) is 0 Å². The van der Waals surface area contributed by atoms with E-state index in [0.717, 1.165) is 6.07 Å². The Morgan fingerprint density at radius 3 is 2.65 bits per heavy atom. The van der Waals surface area contributed by atoms with Crippen LogP contribution < -0.4 is 10.6 Å².